The number of hydrogen-bond acceptors (Lipinski definition) is 4. The lowest BCUT2D eigenvalue weighted by Gasteiger charge is -2.07. The van der Waals surface area contributed by atoms with Gasteiger partial charge in [-0.15, -0.1) is 0 Å². The Hall–Kier alpha value is -1.74. The van der Waals surface area contributed by atoms with E-state index < -0.39 is 38.8 Å². The minimum absolute atomic E-state index is 0.0366. The molecule has 1 rings (SSSR count). The van der Waals surface area contributed by atoms with E-state index in [0.29, 0.717) is 6.07 Å². The molecule has 0 heterocycles. The number of amides is 1. The van der Waals surface area contributed by atoms with Crippen molar-refractivity contribution < 1.29 is 22.0 Å². The molecule has 19 heavy (non-hydrogen) atoms. The van der Waals surface area contributed by atoms with Crippen molar-refractivity contribution >= 4 is 21.6 Å². The van der Waals surface area contributed by atoms with E-state index in [1.807, 2.05) is 0 Å². The molecule has 9 heteroatoms. The lowest BCUT2D eigenvalue weighted by Crippen LogP contribution is -2.28. The van der Waals surface area contributed by atoms with Crippen molar-refractivity contribution in [1.29, 1.82) is 0 Å². The first-order chi connectivity index (χ1) is 8.70. The molecule has 0 aliphatic heterocycles. The van der Waals surface area contributed by atoms with Gasteiger partial charge in [0.1, 0.15) is 5.82 Å². The van der Waals surface area contributed by atoms with Gasteiger partial charge in [0.05, 0.1) is 17.0 Å². The second kappa shape index (κ2) is 5.93. The molecule has 0 aromatic heterocycles. The number of halogens is 2. The normalized spacial score (nSPS) is 11.3. The first-order valence-electron chi connectivity index (χ1n) is 5.24. The Morgan fingerprint density at radius 3 is 2.53 bits per heavy atom. The molecule has 0 saturated heterocycles. The molecule has 0 bridgehead atoms. The average Bonchev–Trinajstić information content (AvgIpc) is 2.27. The highest BCUT2D eigenvalue weighted by atomic mass is 32.2. The van der Waals surface area contributed by atoms with Gasteiger partial charge < -0.3 is 11.1 Å². The first-order valence-corrected chi connectivity index (χ1v) is 6.95. The van der Waals surface area contributed by atoms with Gasteiger partial charge >= 0.3 is 0 Å². The topological polar surface area (TPSA) is 115 Å². The number of nitrogens with two attached hydrogens (primary N) is 2. The highest BCUT2D eigenvalue weighted by molar-refractivity contribution is 7.89. The minimum atomic E-state index is -3.61. The molecular formula is C10H13F2N3O3S. The van der Waals surface area contributed by atoms with Crippen molar-refractivity contribution in [3.8, 4) is 0 Å². The van der Waals surface area contributed by atoms with Gasteiger partial charge in [0, 0.05) is 6.54 Å². The molecule has 0 radical (unpaired) electrons. The third-order valence-electron chi connectivity index (χ3n) is 2.20. The highest BCUT2D eigenvalue weighted by Crippen LogP contribution is 2.17. The SMILES string of the molecule is Nc1cc(F)cc(C(=O)NCCCS(N)(=O)=O)c1F. The summed E-state index contributed by atoms with van der Waals surface area (Å²) in [5.74, 6) is -3.06. The standard InChI is InChI=1S/C10H13F2N3O3S/c11-6-4-7(9(12)8(13)5-6)10(16)15-2-1-3-19(14,17)18/h4-5H,1-3,13H2,(H,15,16)(H2,14,17,18). The smallest absolute Gasteiger partial charge is 0.254 e. The van der Waals surface area contributed by atoms with Crippen molar-refractivity contribution in [2.75, 3.05) is 18.0 Å². The van der Waals surface area contributed by atoms with Crippen LogP contribution in [0, 0.1) is 11.6 Å². The largest absolute Gasteiger partial charge is 0.396 e. The number of nitrogen functional groups attached to an aromatic ring is 1. The maximum atomic E-state index is 13.5. The maximum absolute atomic E-state index is 13.5. The number of anilines is 1. The fourth-order valence-electron chi connectivity index (χ4n) is 1.35. The zero-order valence-electron chi connectivity index (χ0n) is 9.82. The van der Waals surface area contributed by atoms with E-state index in [-0.39, 0.29) is 18.7 Å². The third-order valence-corrected chi connectivity index (χ3v) is 3.06. The molecule has 0 saturated carbocycles. The van der Waals surface area contributed by atoms with Crippen LogP contribution in [0.1, 0.15) is 16.8 Å². The Balaban J connectivity index is 2.64. The van der Waals surface area contributed by atoms with Crippen molar-refractivity contribution in [1.82, 2.24) is 5.32 Å². The monoisotopic (exact) mass is 293 g/mol. The van der Waals surface area contributed by atoms with Gasteiger partial charge in [-0.3, -0.25) is 4.79 Å². The number of benzene rings is 1. The van der Waals surface area contributed by atoms with Crippen molar-refractivity contribution in [3.63, 3.8) is 0 Å². The van der Waals surface area contributed by atoms with Crippen LogP contribution in [0.4, 0.5) is 14.5 Å². The van der Waals surface area contributed by atoms with Crippen LogP contribution in [0.3, 0.4) is 0 Å². The predicted molar refractivity (Wildman–Crippen MR) is 65.7 cm³/mol. The zero-order chi connectivity index (χ0) is 14.6. The van der Waals surface area contributed by atoms with Crippen molar-refractivity contribution in [2.24, 2.45) is 5.14 Å². The minimum Gasteiger partial charge on any atom is -0.396 e. The Kier molecular flexibility index (Phi) is 4.78. The summed E-state index contributed by atoms with van der Waals surface area (Å²) >= 11 is 0. The second-order valence-electron chi connectivity index (χ2n) is 3.83. The molecule has 0 aliphatic carbocycles. The van der Waals surface area contributed by atoms with Gasteiger partial charge in [-0.25, -0.2) is 22.3 Å². The van der Waals surface area contributed by atoms with E-state index in [0.717, 1.165) is 6.07 Å². The summed E-state index contributed by atoms with van der Waals surface area (Å²) in [5, 5.41) is 7.01. The van der Waals surface area contributed by atoms with Crippen LogP contribution in [0.5, 0.6) is 0 Å². The molecule has 0 atom stereocenters. The molecule has 0 fully saturated rings. The van der Waals surface area contributed by atoms with Crippen LogP contribution in [-0.4, -0.2) is 26.6 Å². The number of carbonyl (C=O) groups is 1. The second-order valence-corrected chi connectivity index (χ2v) is 5.57. The summed E-state index contributed by atoms with van der Waals surface area (Å²) in [7, 11) is -3.61. The van der Waals surface area contributed by atoms with Gasteiger partial charge in [0.15, 0.2) is 5.82 Å². The number of hydrogen-bond donors (Lipinski definition) is 3. The number of nitrogens with one attached hydrogen (secondary N) is 1. The lowest BCUT2D eigenvalue weighted by molar-refractivity contribution is 0.0949. The van der Waals surface area contributed by atoms with Crippen LogP contribution in [0.2, 0.25) is 0 Å². The average molecular weight is 293 g/mol. The van der Waals surface area contributed by atoms with Gasteiger partial charge in [0.25, 0.3) is 5.91 Å². The molecule has 6 nitrogen and oxygen atoms in total. The van der Waals surface area contributed by atoms with Gasteiger partial charge in [0.2, 0.25) is 10.0 Å². The predicted octanol–water partition coefficient (Wildman–Crippen LogP) is -0.0446. The summed E-state index contributed by atoms with van der Waals surface area (Å²) in [6.07, 6.45) is 0.0665. The molecular weight excluding hydrogens is 280 g/mol. The maximum Gasteiger partial charge on any atom is 0.254 e. The van der Waals surface area contributed by atoms with E-state index in [4.69, 9.17) is 10.9 Å². The van der Waals surface area contributed by atoms with E-state index in [9.17, 15) is 22.0 Å². The molecule has 1 aromatic rings. The zero-order valence-corrected chi connectivity index (χ0v) is 10.6. The number of carbonyl (C=O) groups excluding carboxylic acids is 1. The lowest BCUT2D eigenvalue weighted by atomic mass is 10.1. The van der Waals surface area contributed by atoms with Crippen LogP contribution in [0.15, 0.2) is 12.1 Å². The van der Waals surface area contributed by atoms with E-state index in [1.54, 1.807) is 0 Å². The van der Waals surface area contributed by atoms with Gasteiger partial charge in [-0.2, -0.15) is 0 Å². The number of sulfonamides is 1. The Bertz CT molecular complexity index is 590. The van der Waals surface area contributed by atoms with Crippen LogP contribution in [-0.2, 0) is 10.0 Å². The molecule has 0 aliphatic rings. The van der Waals surface area contributed by atoms with E-state index >= 15 is 0 Å². The summed E-state index contributed by atoms with van der Waals surface area (Å²) in [6, 6.07) is 1.47. The molecule has 106 valence electrons. The molecule has 0 unspecified atom stereocenters. The highest BCUT2D eigenvalue weighted by Gasteiger charge is 2.15. The van der Waals surface area contributed by atoms with Crippen LogP contribution < -0.4 is 16.2 Å². The summed E-state index contributed by atoms with van der Waals surface area (Å²) < 4.78 is 47.7. The van der Waals surface area contributed by atoms with Crippen LogP contribution in [0.25, 0.3) is 0 Å². The quantitative estimate of drug-likeness (QED) is 0.521. The van der Waals surface area contributed by atoms with Crippen LogP contribution >= 0.6 is 0 Å². The Labute approximate surface area is 108 Å². The number of primary sulfonamides is 1. The Morgan fingerprint density at radius 1 is 1.32 bits per heavy atom. The van der Waals surface area contributed by atoms with Crippen molar-refractivity contribution in [3.05, 3.63) is 29.3 Å². The third kappa shape index (κ3) is 4.79. The molecule has 1 amide bonds. The fourth-order valence-corrected chi connectivity index (χ4v) is 1.89. The van der Waals surface area contributed by atoms with Crippen molar-refractivity contribution in [2.45, 2.75) is 6.42 Å². The Morgan fingerprint density at radius 2 is 1.95 bits per heavy atom. The molecule has 0 spiro atoms. The van der Waals surface area contributed by atoms with Gasteiger partial charge in [-0.1, -0.05) is 0 Å². The molecule has 1 aromatic carbocycles. The summed E-state index contributed by atoms with van der Waals surface area (Å²) in [4.78, 5) is 11.5. The van der Waals surface area contributed by atoms with E-state index in [1.165, 1.54) is 0 Å². The fraction of sp³-hybridized carbons (Fsp3) is 0.300. The summed E-state index contributed by atoms with van der Waals surface area (Å²) in [6.45, 7) is -0.0366. The van der Waals surface area contributed by atoms with E-state index in [2.05, 4.69) is 5.32 Å². The molecule has 5 N–H and O–H groups in total. The first kappa shape index (κ1) is 15.3. The van der Waals surface area contributed by atoms with Gasteiger partial charge in [-0.05, 0) is 18.6 Å². The number of rotatable bonds is 5. The summed E-state index contributed by atoms with van der Waals surface area (Å²) in [5.41, 5.74) is 4.17.